The van der Waals surface area contributed by atoms with Gasteiger partial charge >= 0.3 is 0 Å². The van der Waals surface area contributed by atoms with Crippen LogP contribution in [-0.4, -0.2) is 35.6 Å². The molecule has 0 saturated carbocycles. The fourth-order valence-corrected chi connectivity index (χ4v) is 2.68. The van der Waals surface area contributed by atoms with Crippen LogP contribution in [0.1, 0.15) is 25.3 Å². The molecule has 21 heavy (non-hydrogen) atoms. The van der Waals surface area contributed by atoms with E-state index in [9.17, 15) is 10.1 Å². The van der Waals surface area contributed by atoms with E-state index in [0.29, 0.717) is 12.6 Å². The number of nitrogens with zero attached hydrogens (tertiary/aromatic N) is 2. The number of non-ortho nitro benzene ring substituents is 1. The van der Waals surface area contributed by atoms with E-state index in [1.54, 1.807) is 12.1 Å². The van der Waals surface area contributed by atoms with Crippen molar-refractivity contribution in [3.63, 3.8) is 0 Å². The Morgan fingerprint density at radius 3 is 2.76 bits per heavy atom. The van der Waals surface area contributed by atoms with Crippen LogP contribution < -0.4 is 11.3 Å². The van der Waals surface area contributed by atoms with Gasteiger partial charge in [-0.15, -0.1) is 0 Å². The van der Waals surface area contributed by atoms with Gasteiger partial charge < -0.3 is 10.2 Å². The Hall–Kier alpha value is -1.70. The summed E-state index contributed by atoms with van der Waals surface area (Å²) in [6.45, 7) is 5.26. The second-order valence-electron chi connectivity index (χ2n) is 5.17. The minimum absolute atomic E-state index is 0.0909. The molecule has 1 heterocycles. The number of hydrogen-bond acceptors (Lipinski definition) is 6. The summed E-state index contributed by atoms with van der Waals surface area (Å²) < 4.78 is 5.63. The van der Waals surface area contributed by atoms with Gasteiger partial charge in [-0.25, -0.2) is 0 Å². The zero-order valence-corrected chi connectivity index (χ0v) is 12.2. The van der Waals surface area contributed by atoms with Crippen LogP contribution in [0.4, 0.5) is 11.4 Å². The highest BCUT2D eigenvalue weighted by Crippen LogP contribution is 2.24. The van der Waals surface area contributed by atoms with E-state index in [-0.39, 0.29) is 10.6 Å². The lowest BCUT2D eigenvalue weighted by atomic mass is 10.1. The van der Waals surface area contributed by atoms with E-state index in [1.807, 2.05) is 6.92 Å². The fraction of sp³-hybridized carbons (Fsp3) is 0.571. The van der Waals surface area contributed by atoms with Crippen molar-refractivity contribution >= 4 is 11.4 Å². The third-order valence-electron chi connectivity index (χ3n) is 3.79. The van der Waals surface area contributed by atoms with Crippen LogP contribution in [0.25, 0.3) is 0 Å². The van der Waals surface area contributed by atoms with Crippen molar-refractivity contribution in [3.05, 3.63) is 33.9 Å². The van der Waals surface area contributed by atoms with Crippen molar-refractivity contribution in [2.75, 3.05) is 25.1 Å². The Morgan fingerprint density at radius 2 is 2.19 bits per heavy atom. The van der Waals surface area contributed by atoms with Gasteiger partial charge in [0.05, 0.1) is 16.7 Å². The van der Waals surface area contributed by atoms with Crippen LogP contribution in [0, 0.1) is 10.1 Å². The molecule has 7 nitrogen and oxygen atoms in total. The van der Waals surface area contributed by atoms with Gasteiger partial charge in [-0.1, -0.05) is 0 Å². The molecule has 1 aliphatic heterocycles. The maximum Gasteiger partial charge on any atom is 0.269 e. The summed E-state index contributed by atoms with van der Waals surface area (Å²) in [4.78, 5) is 12.8. The van der Waals surface area contributed by atoms with Crippen LogP contribution in [-0.2, 0) is 11.3 Å². The smallest absolute Gasteiger partial charge is 0.269 e. The number of nitro groups is 1. The van der Waals surface area contributed by atoms with Gasteiger partial charge in [-0.2, -0.15) is 0 Å². The SMILES string of the molecule is CCOC1CCN(Cc2cc([N+](=O)[O-])ccc2NN)CC1. The first-order valence-corrected chi connectivity index (χ1v) is 7.22. The molecule has 1 fully saturated rings. The average Bonchev–Trinajstić information content (AvgIpc) is 2.49. The molecule has 0 spiro atoms. The largest absolute Gasteiger partial charge is 0.378 e. The van der Waals surface area contributed by atoms with Crippen molar-refractivity contribution in [3.8, 4) is 0 Å². The molecule has 0 aliphatic carbocycles. The third kappa shape index (κ3) is 4.13. The monoisotopic (exact) mass is 294 g/mol. The Kier molecular flexibility index (Phi) is 5.49. The molecule has 0 bridgehead atoms. The topological polar surface area (TPSA) is 93.7 Å². The van der Waals surface area contributed by atoms with Gasteiger partial charge in [0.1, 0.15) is 0 Å². The average molecular weight is 294 g/mol. The normalized spacial score (nSPS) is 16.9. The summed E-state index contributed by atoms with van der Waals surface area (Å²) >= 11 is 0. The molecule has 0 amide bonds. The van der Waals surface area contributed by atoms with Crippen molar-refractivity contribution < 1.29 is 9.66 Å². The lowest BCUT2D eigenvalue weighted by molar-refractivity contribution is -0.384. The molecule has 0 aromatic heterocycles. The van der Waals surface area contributed by atoms with Crippen LogP contribution in [0.3, 0.4) is 0 Å². The lowest BCUT2D eigenvalue weighted by Crippen LogP contribution is -2.36. The zero-order chi connectivity index (χ0) is 15.2. The van der Waals surface area contributed by atoms with Crippen molar-refractivity contribution in [2.24, 2.45) is 5.84 Å². The summed E-state index contributed by atoms with van der Waals surface area (Å²) in [6, 6.07) is 4.70. The predicted octanol–water partition coefficient (Wildman–Crippen LogP) is 1.88. The van der Waals surface area contributed by atoms with E-state index < -0.39 is 0 Å². The molecule has 0 atom stereocenters. The van der Waals surface area contributed by atoms with Gasteiger partial charge in [0, 0.05) is 38.4 Å². The van der Waals surface area contributed by atoms with Crippen LogP contribution >= 0.6 is 0 Å². The molecule has 1 saturated heterocycles. The number of anilines is 1. The number of likely N-dealkylation sites (tertiary alicyclic amines) is 1. The minimum Gasteiger partial charge on any atom is -0.378 e. The van der Waals surface area contributed by atoms with Crippen molar-refractivity contribution in [1.82, 2.24) is 4.90 Å². The van der Waals surface area contributed by atoms with Crippen molar-refractivity contribution in [2.45, 2.75) is 32.4 Å². The highest BCUT2D eigenvalue weighted by Gasteiger charge is 2.20. The Labute approximate surface area is 124 Å². The molecule has 0 radical (unpaired) electrons. The number of benzene rings is 1. The predicted molar refractivity (Wildman–Crippen MR) is 80.8 cm³/mol. The lowest BCUT2D eigenvalue weighted by Gasteiger charge is -2.32. The second kappa shape index (κ2) is 7.35. The Morgan fingerprint density at radius 1 is 1.48 bits per heavy atom. The number of hydrogen-bond donors (Lipinski definition) is 2. The summed E-state index contributed by atoms with van der Waals surface area (Å²) in [5, 5.41) is 10.9. The first kappa shape index (κ1) is 15.7. The fourth-order valence-electron chi connectivity index (χ4n) is 2.68. The number of ether oxygens (including phenoxy) is 1. The number of nitrogens with two attached hydrogens (primary N) is 1. The number of nitro benzene ring substituents is 1. The highest BCUT2D eigenvalue weighted by atomic mass is 16.6. The number of nitrogen functional groups attached to an aromatic ring is 1. The number of rotatable bonds is 6. The zero-order valence-electron chi connectivity index (χ0n) is 12.2. The van der Waals surface area contributed by atoms with Crippen LogP contribution in [0.2, 0.25) is 0 Å². The molecule has 0 unspecified atom stereocenters. The molecular weight excluding hydrogens is 272 g/mol. The van der Waals surface area contributed by atoms with Crippen LogP contribution in [0.15, 0.2) is 18.2 Å². The van der Waals surface area contributed by atoms with Crippen molar-refractivity contribution in [1.29, 1.82) is 0 Å². The van der Waals surface area contributed by atoms with E-state index in [2.05, 4.69) is 10.3 Å². The molecule has 3 N–H and O–H groups in total. The number of nitrogens with one attached hydrogen (secondary N) is 1. The molecule has 1 aromatic carbocycles. The molecule has 1 aliphatic rings. The number of piperidine rings is 1. The first-order valence-electron chi connectivity index (χ1n) is 7.22. The summed E-state index contributed by atoms with van der Waals surface area (Å²) in [7, 11) is 0. The van der Waals surface area contributed by atoms with Gasteiger partial charge in [0.2, 0.25) is 0 Å². The van der Waals surface area contributed by atoms with E-state index >= 15 is 0 Å². The van der Waals surface area contributed by atoms with Gasteiger partial charge in [0.15, 0.2) is 0 Å². The maximum atomic E-state index is 10.9. The molecule has 116 valence electrons. The number of hydrazine groups is 1. The van der Waals surface area contributed by atoms with E-state index in [0.717, 1.165) is 43.8 Å². The third-order valence-corrected chi connectivity index (χ3v) is 3.79. The molecule has 1 aromatic rings. The van der Waals surface area contributed by atoms with Gasteiger partial charge in [0.25, 0.3) is 5.69 Å². The summed E-state index contributed by atoms with van der Waals surface area (Å²) in [5.74, 6) is 5.49. The molecule has 7 heteroatoms. The van der Waals surface area contributed by atoms with E-state index in [4.69, 9.17) is 10.6 Å². The van der Waals surface area contributed by atoms with Gasteiger partial charge in [-0.3, -0.25) is 20.9 Å². The van der Waals surface area contributed by atoms with Gasteiger partial charge in [-0.05, 0) is 31.4 Å². The van der Waals surface area contributed by atoms with Crippen LogP contribution in [0.5, 0.6) is 0 Å². The molecule has 2 rings (SSSR count). The minimum atomic E-state index is -0.384. The maximum absolute atomic E-state index is 10.9. The summed E-state index contributed by atoms with van der Waals surface area (Å²) in [5.41, 5.74) is 4.28. The second-order valence-corrected chi connectivity index (χ2v) is 5.17. The highest BCUT2D eigenvalue weighted by molar-refractivity contribution is 5.55. The quantitative estimate of drug-likeness (QED) is 0.472. The van der Waals surface area contributed by atoms with E-state index in [1.165, 1.54) is 6.07 Å². The summed E-state index contributed by atoms with van der Waals surface area (Å²) in [6.07, 6.45) is 2.32. The molecular formula is C14H22N4O3. The Balaban J connectivity index is 2.02. The first-order chi connectivity index (χ1) is 10.1. The Bertz CT molecular complexity index is 487. The standard InChI is InChI=1S/C14H22N4O3/c1-2-21-13-5-7-17(8-6-13)10-11-9-12(18(19)20)3-4-14(11)16-15/h3-4,9,13,16H,2,5-8,10,15H2,1H3.